The minimum Gasteiger partial charge on any atom is -0.377 e. The Bertz CT molecular complexity index is 652. The van der Waals surface area contributed by atoms with Gasteiger partial charge in [-0.25, -0.2) is 4.99 Å². The molecule has 1 aromatic rings. The fourth-order valence-electron chi connectivity index (χ4n) is 3.57. The van der Waals surface area contributed by atoms with Gasteiger partial charge in [0.15, 0.2) is 5.96 Å². The third-order valence-electron chi connectivity index (χ3n) is 4.81. The van der Waals surface area contributed by atoms with Gasteiger partial charge in [-0.05, 0) is 42.9 Å². The van der Waals surface area contributed by atoms with Crippen molar-refractivity contribution in [1.82, 2.24) is 10.6 Å². The van der Waals surface area contributed by atoms with Gasteiger partial charge < -0.3 is 21.1 Å². The van der Waals surface area contributed by atoms with E-state index in [2.05, 4.69) is 36.4 Å². The van der Waals surface area contributed by atoms with Crippen molar-refractivity contribution in [3.63, 3.8) is 0 Å². The zero-order valence-electron chi connectivity index (χ0n) is 17.0. The van der Waals surface area contributed by atoms with Crippen LogP contribution in [0.25, 0.3) is 0 Å². The molecule has 0 bridgehead atoms. The summed E-state index contributed by atoms with van der Waals surface area (Å²) in [4.78, 5) is 16.0. The molecule has 0 aliphatic carbocycles. The summed E-state index contributed by atoms with van der Waals surface area (Å²) in [7, 11) is 0. The average Bonchev–Trinajstić information content (AvgIpc) is 2.63. The maximum Gasteiger partial charge on any atom is 0.248 e. The van der Waals surface area contributed by atoms with E-state index in [4.69, 9.17) is 10.5 Å². The molecule has 1 aliphatic heterocycles. The molecule has 0 spiro atoms. The molecule has 1 aliphatic rings. The molecule has 2 rings (SSSR count). The van der Waals surface area contributed by atoms with E-state index in [1.807, 2.05) is 19.1 Å². The summed E-state index contributed by atoms with van der Waals surface area (Å²) in [5, 5.41) is 6.76. The Balaban J connectivity index is 2.00. The lowest BCUT2D eigenvalue weighted by Gasteiger charge is -2.40. The highest BCUT2D eigenvalue weighted by Gasteiger charge is 2.35. The van der Waals surface area contributed by atoms with Gasteiger partial charge in [-0.15, -0.1) is 0 Å². The van der Waals surface area contributed by atoms with Crippen molar-refractivity contribution in [2.24, 2.45) is 22.1 Å². The number of nitrogens with zero attached hydrogens (tertiary/aromatic N) is 1. The van der Waals surface area contributed by atoms with E-state index in [1.54, 1.807) is 12.1 Å². The van der Waals surface area contributed by atoms with Crippen LogP contribution in [0.15, 0.2) is 29.3 Å². The molecule has 1 saturated heterocycles. The van der Waals surface area contributed by atoms with Gasteiger partial charge in [0, 0.05) is 31.2 Å². The van der Waals surface area contributed by atoms with Crippen LogP contribution in [0.1, 0.15) is 56.5 Å². The number of guanidine groups is 1. The van der Waals surface area contributed by atoms with Gasteiger partial charge in [0.25, 0.3) is 0 Å². The molecular weight excluding hydrogens is 340 g/mol. The third kappa shape index (κ3) is 6.54. The standard InChI is InChI=1S/C21H34N4O2/c1-5-23-20(24-13-15-8-6-9-16(12-15)19(22)26)25-14-17-10-7-11-27-18(17)21(2,3)4/h6,8-9,12,17-18H,5,7,10-11,13-14H2,1-4H3,(H2,22,26)(H2,23,24,25). The number of hydrogen-bond acceptors (Lipinski definition) is 3. The minimum absolute atomic E-state index is 0.122. The number of carbonyl (C=O) groups is 1. The fraction of sp³-hybridized carbons (Fsp3) is 0.619. The molecule has 1 aromatic carbocycles. The normalized spacial score (nSPS) is 21.0. The number of nitrogens with two attached hydrogens (primary N) is 1. The Morgan fingerprint density at radius 2 is 2.11 bits per heavy atom. The van der Waals surface area contributed by atoms with Gasteiger partial charge in [0.05, 0.1) is 12.6 Å². The fourth-order valence-corrected chi connectivity index (χ4v) is 3.57. The molecule has 27 heavy (non-hydrogen) atoms. The van der Waals surface area contributed by atoms with Crippen molar-refractivity contribution in [3.8, 4) is 0 Å². The quantitative estimate of drug-likeness (QED) is 0.528. The summed E-state index contributed by atoms with van der Waals surface area (Å²) in [5.74, 6) is 0.817. The number of rotatable bonds is 6. The number of amides is 1. The lowest BCUT2D eigenvalue weighted by Crippen LogP contribution is -2.47. The molecule has 150 valence electrons. The summed E-state index contributed by atoms with van der Waals surface area (Å²) in [6, 6.07) is 7.29. The number of aliphatic imine (C=N–C) groups is 1. The van der Waals surface area contributed by atoms with Crippen molar-refractivity contribution in [3.05, 3.63) is 35.4 Å². The van der Waals surface area contributed by atoms with Gasteiger partial charge in [-0.2, -0.15) is 0 Å². The molecule has 1 heterocycles. The second-order valence-electron chi connectivity index (χ2n) is 8.20. The second-order valence-corrected chi connectivity index (χ2v) is 8.20. The van der Waals surface area contributed by atoms with Crippen LogP contribution in [0.5, 0.6) is 0 Å². The Labute approximate surface area is 163 Å². The first-order valence-corrected chi connectivity index (χ1v) is 9.83. The molecule has 0 aromatic heterocycles. The average molecular weight is 375 g/mol. The van der Waals surface area contributed by atoms with Crippen LogP contribution in [0.3, 0.4) is 0 Å². The summed E-state index contributed by atoms with van der Waals surface area (Å²) in [5.41, 5.74) is 6.94. The predicted octanol–water partition coefficient (Wildman–Crippen LogP) is 2.68. The largest absolute Gasteiger partial charge is 0.377 e. The highest BCUT2D eigenvalue weighted by atomic mass is 16.5. The SMILES string of the molecule is CCNC(=NCc1cccc(C(N)=O)c1)NCC1CCCOC1C(C)(C)C. The molecule has 2 atom stereocenters. The number of primary amides is 1. The van der Waals surface area contributed by atoms with Crippen LogP contribution in [0.4, 0.5) is 0 Å². The summed E-state index contributed by atoms with van der Waals surface area (Å²) < 4.78 is 6.07. The van der Waals surface area contributed by atoms with Gasteiger partial charge in [-0.1, -0.05) is 32.9 Å². The number of benzene rings is 1. The molecule has 0 saturated carbocycles. The maximum atomic E-state index is 11.3. The van der Waals surface area contributed by atoms with E-state index in [0.717, 1.165) is 44.1 Å². The topological polar surface area (TPSA) is 88.7 Å². The van der Waals surface area contributed by atoms with E-state index in [0.29, 0.717) is 18.0 Å². The summed E-state index contributed by atoms with van der Waals surface area (Å²) in [6.45, 7) is 11.7. The van der Waals surface area contributed by atoms with E-state index in [9.17, 15) is 4.79 Å². The van der Waals surface area contributed by atoms with Crippen LogP contribution in [-0.4, -0.2) is 37.7 Å². The Hall–Kier alpha value is -2.08. The first kappa shape index (κ1) is 21.2. The van der Waals surface area contributed by atoms with Crippen molar-refractivity contribution in [1.29, 1.82) is 0 Å². The first-order chi connectivity index (χ1) is 12.8. The number of hydrogen-bond donors (Lipinski definition) is 3. The molecule has 1 fully saturated rings. The number of carbonyl (C=O) groups excluding carboxylic acids is 1. The van der Waals surface area contributed by atoms with Gasteiger partial charge >= 0.3 is 0 Å². The van der Waals surface area contributed by atoms with Crippen LogP contribution < -0.4 is 16.4 Å². The van der Waals surface area contributed by atoms with Crippen molar-refractivity contribution < 1.29 is 9.53 Å². The van der Waals surface area contributed by atoms with Crippen molar-refractivity contribution in [2.45, 2.75) is 53.2 Å². The van der Waals surface area contributed by atoms with E-state index in [-0.39, 0.29) is 11.5 Å². The zero-order chi connectivity index (χ0) is 19.9. The van der Waals surface area contributed by atoms with Gasteiger partial charge in [-0.3, -0.25) is 4.79 Å². The molecule has 6 nitrogen and oxygen atoms in total. The van der Waals surface area contributed by atoms with Crippen LogP contribution in [0.2, 0.25) is 0 Å². The third-order valence-corrected chi connectivity index (χ3v) is 4.81. The van der Waals surface area contributed by atoms with Crippen molar-refractivity contribution in [2.75, 3.05) is 19.7 Å². The predicted molar refractivity (Wildman–Crippen MR) is 110 cm³/mol. The zero-order valence-corrected chi connectivity index (χ0v) is 17.0. The van der Waals surface area contributed by atoms with E-state index in [1.165, 1.54) is 0 Å². The highest BCUT2D eigenvalue weighted by molar-refractivity contribution is 5.92. The molecule has 2 unspecified atom stereocenters. The summed E-state index contributed by atoms with van der Waals surface area (Å²) >= 11 is 0. The second kappa shape index (κ2) is 9.74. The van der Waals surface area contributed by atoms with Gasteiger partial charge in [0.1, 0.15) is 0 Å². The Kier molecular flexibility index (Phi) is 7.66. The molecule has 0 radical (unpaired) electrons. The Morgan fingerprint density at radius 1 is 1.33 bits per heavy atom. The van der Waals surface area contributed by atoms with Crippen LogP contribution in [0, 0.1) is 11.3 Å². The molecular formula is C21H34N4O2. The minimum atomic E-state index is -0.420. The van der Waals surface area contributed by atoms with Crippen molar-refractivity contribution >= 4 is 11.9 Å². The van der Waals surface area contributed by atoms with Crippen LogP contribution >= 0.6 is 0 Å². The van der Waals surface area contributed by atoms with E-state index >= 15 is 0 Å². The monoisotopic (exact) mass is 374 g/mol. The lowest BCUT2D eigenvalue weighted by atomic mass is 9.78. The lowest BCUT2D eigenvalue weighted by molar-refractivity contribution is -0.0835. The Morgan fingerprint density at radius 3 is 2.78 bits per heavy atom. The van der Waals surface area contributed by atoms with Crippen LogP contribution in [-0.2, 0) is 11.3 Å². The highest BCUT2D eigenvalue weighted by Crippen LogP contribution is 2.33. The smallest absolute Gasteiger partial charge is 0.248 e. The maximum absolute atomic E-state index is 11.3. The molecule has 6 heteroatoms. The first-order valence-electron chi connectivity index (χ1n) is 9.83. The number of ether oxygens (including phenoxy) is 1. The van der Waals surface area contributed by atoms with E-state index < -0.39 is 5.91 Å². The number of nitrogens with one attached hydrogen (secondary N) is 2. The molecule has 1 amide bonds. The van der Waals surface area contributed by atoms with Gasteiger partial charge in [0.2, 0.25) is 5.91 Å². The molecule has 4 N–H and O–H groups in total. The summed E-state index contributed by atoms with van der Waals surface area (Å²) in [6.07, 6.45) is 2.51.